The lowest BCUT2D eigenvalue weighted by Gasteiger charge is -2.27. The standard InChI is InChI=1S/C21H35N5/c1-22-21(23-15-20(25(2)3)17-9-5-4-6-10-17)24-18-13-14-26(16-18)19-11-7-8-12-19/h4-6,9-10,18-20H,7-8,11-16H2,1-3H3,(H2,22,23,24). The zero-order valence-corrected chi connectivity index (χ0v) is 16.6. The maximum absolute atomic E-state index is 4.46. The molecule has 144 valence electrons. The van der Waals surface area contributed by atoms with Gasteiger partial charge in [-0.25, -0.2) is 0 Å². The van der Waals surface area contributed by atoms with Gasteiger partial charge in [-0.3, -0.25) is 9.89 Å². The van der Waals surface area contributed by atoms with Gasteiger partial charge in [-0.2, -0.15) is 0 Å². The zero-order chi connectivity index (χ0) is 18.4. The minimum atomic E-state index is 0.327. The molecule has 2 unspecified atom stereocenters. The van der Waals surface area contributed by atoms with E-state index in [2.05, 4.69) is 69.9 Å². The molecule has 0 bridgehead atoms. The van der Waals surface area contributed by atoms with E-state index in [9.17, 15) is 0 Å². The van der Waals surface area contributed by atoms with Crippen LogP contribution in [0.25, 0.3) is 0 Å². The van der Waals surface area contributed by atoms with Crippen molar-refractivity contribution in [3.05, 3.63) is 35.9 Å². The lowest BCUT2D eigenvalue weighted by molar-refractivity contribution is 0.242. The SMILES string of the molecule is CN=C(NCC(c1ccccc1)N(C)C)NC1CCN(C2CCCC2)C1. The monoisotopic (exact) mass is 357 g/mol. The highest BCUT2D eigenvalue weighted by molar-refractivity contribution is 5.80. The quantitative estimate of drug-likeness (QED) is 0.606. The van der Waals surface area contributed by atoms with Gasteiger partial charge in [-0.15, -0.1) is 0 Å². The van der Waals surface area contributed by atoms with Crippen LogP contribution < -0.4 is 10.6 Å². The number of aliphatic imine (C=N–C) groups is 1. The average molecular weight is 358 g/mol. The Labute approximate surface area is 158 Å². The number of hydrogen-bond donors (Lipinski definition) is 2. The summed E-state index contributed by atoms with van der Waals surface area (Å²) in [7, 11) is 6.13. The highest BCUT2D eigenvalue weighted by Gasteiger charge is 2.30. The summed E-state index contributed by atoms with van der Waals surface area (Å²) >= 11 is 0. The summed E-state index contributed by atoms with van der Waals surface area (Å²) in [5, 5.41) is 7.18. The molecule has 2 atom stereocenters. The van der Waals surface area contributed by atoms with Crippen LogP contribution in [0.3, 0.4) is 0 Å². The van der Waals surface area contributed by atoms with Crippen LogP contribution in [0, 0.1) is 0 Å². The Bertz CT molecular complexity index is 565. The predicted octanol–water partition coefficient (Wildman–Crippen LogP) is 2.47. The summed E-state index contributed by atoms with van der Waals surface area (Å²) in [6, 6.07) is 12.3. The Morgan fingerprint density at radius 2 is 1.92 bits per heavy atom. The summed E-state index contributed by atoms with van der Waals surface area (Å²) in [6.07, 6.45) is 6.82. The molecule has 2 fully saturated rings. The van der Waals surface area contributed by atoms with Crippen molar-refractivity contribution in [1.29, 1.82) is 0 Å². The van der Waals surface area contributed by atoms with E-state index >= 15 is 0 Å². The smallest absolute Gasteiger partial charge is 0.191 e. The maximum atomic E-state index is 4.46. The molecular weight excluding hydrogens is 322 g/mol. The Balaban J connectivity index is 1.50. The maximum Gasteiger partial charge on any atom is 0.191 e. The van der Waals surface area contributed by atoms with Crippen molar-refractivity contribution < 1.29 is 0 Å². The van der Waals surface area contributed by atoms with E-state index in [1.807, 2.05) is 7.05 Å². The number of likely N-dealkylation sites (tertiary alicyclic amines) is 1. The molecule has 1 aromatic rings. The lowest BCUT2D eigenvalue weighted by Crippen LogP contribution is -2.47. The summed E-state index contributed by atoms with van der Waals surface area (Å²) < 4.78 is 0. The van der Waals surface area contributed by atoms with Crippen molar-refractivity contribution >= 4 is 5.96 Å². The fraction of sp³-hybridized carbons (Fsp3) is 0.667. The van der Waals surface area contributed by atoms with Gasteiger partial charge in [0.25, 0.3) is 0 Å². The molecular formula is C21H35N5. The number of nitrogens with one attached hydrogen (secondary N) is 2. The number of rotatable bonds is 6. The minimum absolute atomic E-state index is 0.327. The molecule has 2 N–H and O–H groups in total. The minimum Gasteiger partial charge on any atom is -0.354 e. The predicted molar refractivity (Wildman–Crippen MR) is 110 cm³/mol. The molecule has 0 radical (unpaired) electrons. The molecule has 3 rings (SSSR count). The van der Waals surface area contributed by atoms with Gasteiger partial charge in [0.1, 0.15) is 0 Å². The number of nitrogens with zero attached hydrogens (tertiary/aromatic N) is 3. The van der Waals surface area contributed by atoms with E-state index in [4.69, 9.17) is 0 Å². The number of guanidine groups is 1. The van der Waals surface area contributed by atoms with Gasteiger partial charge in [0.15, 0.2) is 5.96 Å². The molecule has 1 aliphatic heterocycles. The van der Waals surface area contributed by atoms with Crippen molar-refractivity contribution in [3.8, 4) is 0 Å². The summed E-state index contributed by atoms with van der Waals surface area (Å²) in [5.74, 6) is 0.922. The van der Waals surface area contributed by atoms with Gasteiger partial charge in [0.2, 0.25) is 0 Å². The molecule has 1 saturated carbocycles. The van der Waals surface area contributed by atoms with Crippen molar-refractivity contribution in [2.45, 2.75) is 50.2 Å². The highest BCUT2D eigenvalue weighted by atomic mass is 15.3. The van der Waals surface area contributed by atoms with Gasteiger partial charge in [0.05, 0.1) is 6.04 Å². The summed E-state index contributed by atoms with van der Waals surface area (Å²) in [6.45, 7) is 3.22. The molecule has 5 nitrogen and oxygen atoms in total. The van der Waals surface area contributed by atoms with Crippen LogP contribution in [0.15, 0.2) is 35.3 Å². The van der Waals surface area contributed by atoms with Crippen LogP contribution >= 0.6 is 0 Å². The molecule has 0 spiro atoms. The topological polar surface area (TPSA) is 42.9 Å². The molecule has 0 amide bonds. The number of likely N-dealkylation sites (N-methyl/N-ethyl adjacent to an activating group) is 1. The Morgan fingerprint density at radius 3 is 2.58 bits per heavy atom. The van der Waals surface area contributed by atoms with Crippen LogP contribution in [0.4, 0.5) is 0 Å². The van der Waals surface area contributed by atoms with Crippen molar-refractivity contribution in [2.24, 2.45) is 4.99 Å². The normalized spacial score (nSPS) is 23.5. The van der Waals surface area contributed by atoms with E-state index in [1.165, 1.54) is 44.2 Å². The van der Waals surface area contributed by atoms with Crippen LogP contribution in [0.2, 0.25) is 0 Å². The second kappa shape index (κ2) is 9.38. The Hall–Kier alpha value is -1.59. The van der Waals surface area contributed by atoms with Gasteiger partial charge in [-0.05, 0) is 38.9 Å². The van der Waals surface area contributed by atoms with Gasteiger partial charge >= 0.3 is 0 Å². The molecule has 2 aliphatic rings. The van der Waals surface area contributed by atoms with Gasteiger partial charge < -0.3 is 15.5 Å². The van der Waals surface area contributed by atoms with E-state index in [1.54, 1.807) is 0 Å². The zero-order valence-electron chi connectivity index (χ0n) is 16.6. The Kier molecular flexibility index (Phi) is 6.92. The first-order valence-corrected chi connectivity index (χ1v) is 10.1. The molecule has 5 heteroatoms. The number of hydrogen-bond acceptors (Lipinski definition) is 3. The largest absolute Gasteiger partial charge is 0.354 e. The fourth-order valence-corrected chi connectivity index (χ4v) is 4.36. The highest BCUT2D eigenvalue weighted by Crippen LogP contribution is 2.26. The first kappa shape index (κ1) is 19.2. The van der Waals surface area contributed by atoms with Gasteiger partial charge in [0, 0.05) is 38.8 Å². The number of benzene rings is 1. The van der Waals surface area contributed by atoms with E-state index < -0.39 is 0 Å². The van der Waals surface area contributed by atoms with Crippen molar-refractivity contribution in [1.82, 2.24) is 20.4 Å². The van der Waals surface area contributed by atoms with E-state index in [-0.39, 0.29) is 0 Å². The molecule has 1 saturated heterocycles. The summed E-state index contributed by atoms with van der Waals surface area (Å²) in [5.41, 5.74) is 1.33. The average Bonchev–Trinajstić information content (AvgIpc) is 3.33. The third-order valence-electron chi connectivity index (χ3n) is 5.90. The third kappa shape index (κ3) is 4.98. The van der Waals surface area contributed by atoms with Crippen molar-refractivity contribution in [3.63, 3.8) is 0 Å². The first-order valence-electron chi connectivity index (χ1n) is 10.1. The van der Waals surface area contributed by atoms with Gasteiger partial charge in [-0.1, -0.05) is 43.2 Å². The molecule has 1 heterocycles. The molecule has 0 aromatic heterocycles. The van der Waals surface area contributed by atoms with E-state index in [0.29, 0.717) is 12.1 Å². The second-order valence-electron chi connectivity index (χ2n) is 7.91. The lowest BCUT2D eigenvalue weighted by atomic mass is 10.1. The molecule has 1 aliphatic carbocycles. The Morgan fingerprint density at radius 1 is 1.19 bits per heavy atom. The van der Waals surface area contributed by atoms with E-state index in [0.717, 1.165) is 25.1 Å². The van der Waals surface area contributed by atoms with Crippen LogP contribution in [0.5, 0.6) is 0 Å². The molecule has 26 heavy (non-hydrogen) atoms. The second-order valence-corrected chi connectivity index (χ2v) is 7.91. The van der Waals surface area contributed by atoms with Crippen molar-refractivity contribution in [2.75, 3.05) is 40.8 Å². The fourth-order valence-electron chi connectivity index (χ4n) is 4.36. The van der Waals surface area contributed by atoms with Crippen LogP contribution in [0.1, 0.15) is 43.7 Å². The summed E-state index contributed by atoms with van der Waals surface area (Å²) in [4.78, 5) is 9.40. The molecule has 1 aromatic carbocycles. The van der Waals surface area contributed by atoms with Crippen LogP contribution in [-0.2, 0) is 0 Å². The first-order chi connectivity index (χ1) is 12.7. The third-order valence-corrected chi connectivity index (χ3v) is 5.90. The van der Waals surface area contributed by atoms with Crippen LogP contribution in [-0.4, -0.2) is 68.6 Å².